The number of carbonyl (C=O) groups excluding carboxylic acids is 3. The normalized spacial score (nSPS) is 32.5. The van der Waals surface area contributed by atoms with Gasteiger partial charge in [0.2, 0.25) is 11.8 Å². The molecule has 3 unspecified atom stereocenters. The maximum absolute atomic E-state index is 14.4. The lowest BCUT2D eigenvalue weighted by molar-refractivity contribution is -0.155. The summed E-state index contributed by atoms with van der Waals surface area (Å²) in [7, 11) is 0. The lowest BCUT2D eigenvalue weighted by Gasteiger charge is -2.45. The number of likely N-dealkylation sites (tertiary alicyclic amines) is 1. The van der Waals surface area contributed by atoms with E-state index in [0.29, 0.717) is 13.0 Å². The molecule has 3 rings (SSSR count). The Bertz CT molecular complexity index is 868. The van der Waals surface area contributed by atoms with Crippen LogP contribution in [0.4, 0.5) is 0 Å². The van der Waals surface area contributed by atoms with Crippen LogP contribution < -0.4 is 0 Å². The molecule has 7 nitrogen and oxygen atoms in total. The second-order valence-corrected chi connectivity index (χ2v) is 13.0. The van der Waals surface area contributed by atoms with E-state index < -0.39 is 34.2 Å². The first-order valence-electron chi connectivity index (χ1n) is 12.7. The average Bonchev–Trinajstić information content (AvgIpc) is 3.35. The number of aliphatic hydroxyl groups excluding tert-OH is 1. The lowest BCUT2D eigenvalue weighted by Crippen LogP contribution is -2.62. The van der Waals surface area contributed by atoms with Crippen LogP contribution >= 0.6 is 11.8 Å². The molecule has 0 saturated carbocycles. The van der Waals surface area contributed by atoms with E-state index in [1.807, 2.05) is 34.6 Å². The molecule has 7 atom stereocenters. The van der Waals surface area contributed by atoms with Gasteiger partial charge in [-0.1, -0.05) is 32.9 Å². The summed E-state index contributed by atoms with van der Waals surface area (Å²) < 4.78 is 4.82. The first kappa shape index (κ1) is 27.8. The fourth-order valence-corrected chi connectivity index (χ4v) is 8.68. The smallest absolute Gasteiger partial charge is 0.310 e. The van der Waals surface area contributed by atoms with Crippen molar-refractivity contribution in [2.45, 2.75) is 82.0 Å². The highest BCUT2D eigenvalue weighted by atomic mass is 32.2. The third-order valence-corrected chi connectivity index (χ3v) is 10.0. The molecule has 1 spiro atoms. The summed E-state index contributed by atoms with van der Waals surface area (Å²) in [5.41, 5.74) is -0.491. The summed E-state index contributed by atoms with van der Waals surface area (Å²) >= 11 is 1.62. The molecule has 0 radical (unpaired) electrons. The topological polar surface area (TPSA) is 87.1 Å². The summed E-state index contributed by atoms with van der Waals surface area (Å²) in [4.78, 5) is 45.3. The number of aliphatic hydroxyl groups is 1. The van der Waals surface area contributed by atoms with E-state index in [2.05, 4.69) is 20.1 Å². The summed E-state index contributed by atoms with van der Waals surface area (Å²) in [6.45, 7) is 19.8. The van der Waals surface area contributed by atoms with Crippen molar-refractivity contribution in [3.63, 3.8) is 0 Å². The molecule has 2 amide bonds. The van der Waals surface area contributed by atoms with E-state index in [9.17, 15) is 19.5 Å². The van der Waals surface area contributed by atoms with Gasteiger partial charge in [-0.3, -0.25) is 14.4 Å². The van der Waals surface area contributed by atoms with Gasteiger partial charge in [-0.25, -0.2) is 0 Å². The van der Waals surface area contributed by atoms with Crippen molar-refractivity contribution >= 4 is 29.5 Å². The van der Waals surface area contributed by atoms with Crippen LogP contribution in [0.25, 0.3) is 0 Å². The van der Waals surface area contributed by atoms with E-state index in [-0.39, 0.29) is 48.1 Å². The maximum Gasteiger partial charge on any atom is 0.310 e. The van der Waals surface area contributed by atoms with Gasteiger partial charge < -0.3 is 19.6 Å². The molecular formula is C27H42N2O5S. The van der Waals surface area contributed by atoms with Gasteiger partial charge in [-0.05, 0) is 45.4 Å². The summed E-state index contributed by atoms with van der Waals surface area (Å²) in [6, 6.07) is -1.29. The van der Waals surface area contributed by atoms with E-state index >= 15 is 0 Å². The molecule has 0 aliphatic carbocycles. The highest BCUT2D eigenvalue weighted by molar-refractivity contribution is 8.02. The minimum absolute atomic E-state index is 0.0553. The Labute approximate surface area is 214 Å². The van der Waals surface area contributed by atoms with Crippen LogP contribution in [0.3, 0.4) is 0 Å². The number of fused-ring (bicyclic) bond motifs is 1. The van der Waals surface area contributed by atoms with Crippen molar-refractivity contribution < 1.29 is 24.2 Å². The van der Waals surface area contributed by atoms with Crippen LogP contribution in [0.1, 0.15) is 54.4 Å². The number of hydrogen-bond donors (Lipinski definition) is 1. The Morgan fingerprint density at radius 1 is 1.31 bits per heavy atom. The molecule has 1 N–H and O–H groups in total. The monoisotopic (exact) mass is 506 g/mol. The van der Waals surface area contributed by atoms with Crippen molar-refractivity contribution in [1.29, 1.82) is 0 Å². The van der Waals surface area contributed by atoms with Crippen LogP contribution in [0.5, 0.6) is 0 Å². The van der Waals surface area contributed by atoms with Crippen molar-refractivity contribution in [2.24, 2.45) is 23.7 Å². The zero-order valence-corrected chi connectivity index (χ0v) is 22.8. The molecule has 196 valence electrons. The Hall–Kier alpha value is -1.80. The van der Waals surface area contributed by atoms with Crippen molar-refractivity contribution in [1.82, 2.24) is 9.80 Å². The Morgan fingerprint density at radius 3 is 2.49 bits per heavy atom. The molecule has 35 heavy (non-hydrogen) atoms. The summed E-state index contributed by atoms with van der Waals surface area (Å²) in [5, 5.41) is 10.3. The van der Waals surface area contributed by atoms with E-state index in [0.717, 1.165) is 6.42 Å². The zero-order chi connectivity index (χ0) is 26.3. The van der Waals surface area contributed by atoms with E-state index in [4.69, 9.17) is 4.74 Å². The summed E-state index contributed by atoms with van der Waals surface area (Å²) in [5.74, 6) is -1.98. The third kappa shape index (κ3) is 4.45. The number of esters is 1. The minimum atomic E-state index is -0.769. The van der Waals surface area contributed by atoms with E-state index in [1.165, 1.54) is 0 Å². The molecule has 3 saturated heterocycles. The van der Waals surface area contributed by atoms with Gasteiger partial charge in [0.05, 0.1) is 35.8 Å². The van der Waals surface area contributed by atoms with Crippen LogP contribution in [-0.4, -0.2) is 80.1 Å². The molecule has 8 heteroatoms. The standard InChI is InChI=1S/C27H42N2O5S/c1-9-11-13-34-25(33)20-19-14-17(5)27(35-19)21(20)23(31)29(18(15-30)16(3)4)22(27)24(32)28(12-10-2)26(6,7)8/h9-10,16-22,30H,1-2,11-15H2,3-8H3/t17?,18-,19+,20-,21-,22?,27?/m0/s1. The average molecular weight is 507 g/mol. The zero-order valence-electron chi connectivity index (χ0n) is 22.0. The second-order valence-electron chi connectivity index (χ2n) is 11.4. The largest absolute Gasteiger partial charge is 0.465 e. The number of ether oxygens (including phenoxy) is 1. The molecule has 3 heterocycles. The van der Waals surface area contributed by atoms with Gasteiger partial charge in [0, 0.05) is 17.3 Å². The van der Waals surface area contributed by atoms with E-state index in [1.54, 1.807) is 33.7 Å². The second kappa shape index (κ2) is 10.3. The van der Waals surface area contributed by atoms with Crippen molar-refractivity contribution in [2.75, 3.05) is 19.8 Å². The Kier molecular flexibility index (Phi) is 8.17. The minimum Gasteiger partial charge on any atom is -0.465 e. The maximum atomic E-state index is 14.4. The number of amides is 2. The van der Waals surface area contributed by atoms with Gasteiger partial charge in [0.15, 0.2) is 0 Å². The Balaban J connectivity index is 2.14. The molecule has 3 fully saturated rings. The highest BCUT2D eigenvalue weighted by Crippen LogP contribution is 2.69. The predicted octanol–water partition coefficient (Wildman–Crippen LogP) is 3.27. The number of thioether (sulfide) groups is 1. The lowest BCUT2D eigenvalue weighted by atomic mass is 9.66. The highest BCUT2D eigenvalue weighted by Gasteiger charge is 2.77. The summed E-state index contributed by atoms with van der Waals surface area (Å²) in [6.07, 6.45) is 4.69. The first-order chi connectivity index (χ1) is 16.4. The first-order valence-corrected chi connectivity index (χ1v) is 13.6. The quantitative estimate of drug-likeness (QED) is 0.278. The van der Waals surface area contributed by atoms with Crippen LogP contribution in [-0.2, 0) is 19.1 Å². The number of nitrogens with zero attached hydrogens (tertiary/aromatic N) is 2. The van der Waals surface area contributed by atoms with Gasteiger partial charge in [-0.15, -0.1) is 24.9 Å². The number of rotatable bonds is 10. The number of hydrogen-bond acceptors (Lipinski definition) is 6. The van der Waals surface area contributed by atoms with Crippen molar-refractivity contribution in [3.8, 4) is 0 Å². The van der Waals surface area contributed by atoms with Crippen LogP contribution in [0.2, 0.25) is 0 Å². The van der Waals surface area contributed by atoms with Gasteiger partial charge in [0.1, 0.15) is 6.04 Å². The van der Waals surface area contributed by atoms with Gasteiger partial charge in [-0.2, -0.15) is 0 Å². The fraction of sp³-hybridized carbons (Fsp3) is 0.741. The molecule has 2 bridgehead atoms. The predicted molar refractivity (Wildman–Crippen MR) is 139 cm³/mol. The van der Waals surface area contributed by atoms with Crippen LogP contribution in [0, 0.1) is 23.7 Å². The van der Waals surface area contributed by atoms with Gasteiger partial charge >= 0.3 is 5.97 Å². The molecule has 0 aromatic heterocycles. The third-order valence-electron chi connectivity index (χ3n) is 7.96. The molecule has 3 aliphatic heterocycles. The SMILES string of the molecule is C=CCCOC(=O)[C@@H]1[C@H]2C(=O)N([C@@H](CO)C(C)C)C(C(=O)N(CC=C)C(C)(C)C)C23S[C@@H]1CC3C. The van der Waals surface area contributed by atoms with Gasteiger partial charge in [0.25, 0.3) is 0 Å². The molecule has 3 aliphatic rings. The molecule has 0 aromatic rings. The Morgan fingerprint density at radius 2 is 1.97 bits per heavy atom. The van der Waals surface area contributed by atoms with Crippen molar-refractivity contribution in [3.05, 3.63) is 25.3 Å². The molecule has 0 aromatic carbocycles. The number of carbonyl (C=O) groups is 3. The van der Waals surface area contributed by atoms with Crippen LogP contribution in [0.15, 0.2) is 25.3 Å². The fourth-order valence-electron chi connectivity index (χ4n) is 6.29. The molecular weight excluding hydrogens is 464 g/mol.